The Morgan fingerprint density at radius 3 is 2.79 bits per heavy atom. The zero-order valence-corrected chi connectivity index (χ0v) is 12.1. The standard InChI is InChI=1S/C13H24N4O2/c1-4-17(8-10-6-5-7-18-10)9-11-15-12(16-19-11)13(2,3)14/h10H,4-9,14H2,1-3H3. The Morgan fingerprint density at radius 2 is 2.26 bits per heavy atom. The Bertz CT molecular complexity index is 394. The van der Waals surface area contributed by atoms with E-state index in [0.29, 0.717) is 24.4 Å². The highest BCUT2D eigenvalue weighted by atomic mass is 16.5. The van der Waals surface area contributed by atoms with Crippen LogP contribution in [0.5, 0.6) is 0 Å². The Morgan fingerprint density at radius 1 is 1.47 bits per heavy atom. The molecule has 1 fully saturated rings. The first-order valence-electron chi connectivity index (χ1n) is 6.95. The molecule has 6 heteroatoms. The smallest absolute Gasteiger partial charge is 0.240 e. The van der Waals surface area contributed by atoms with Gasteiger partial charge in [-0.15, -0.1) is 0 Å². The Hall–Kier alpha value is -0.980. The second-order valence-corrected chi connectivity index (χ2v) is 5.70. The van der Waals surface area contributed by atoms with E-state index in [4.69, 9.17) is 15.0 Å². The summed E-state index contributed by atoms with van der Waals surface area (Å²) in [4.78, 5) is 6.62. The Labute approximate surface area is 114 Å². The van der Waals surface area contributed by atoms with Crippen LogP contribution in [0.25, 0.3) is 0 Å². The van der Waals surface area contributed by atoms with E-state index < -0.39 is 5.54 Å². The third kappa shape index (κ3) is 3.99. The summed E-state index contributed by atoms with van der Waals surface area (Å²) < 4.78 is 10.9. The van der Waals surface area contributed by atoms with E-state index in [9.17, 15) is 0 Å². The van der Waals surface area contributed by atoms with Crippen molar-refractivity contribution in [1.82, 2.24) is 15.0 Å². The van der Waals surface area contributed by atoms with E-state index in [-0.39, 0.29) is 0 Å². The van der Waals surface area contributed by atoms with E-state index in [0.717, 1.165) is 32.5 Å². The molecule has 108 valence electrons. The van der Waals surface area contributed by atoms with Crippen molar-refractivity contribution in [3.63, 3.8) is 0 Å². The lowest BCUT2D eigenvalue weighted by Gasteiger charge is -2.21. The van der Waals surface area contributed by atoms with E-state index >= 15 is 0 Å². The van der Waals surface area contributed by atoms with Gasteiger partial charge in [0.2, 0.25) is 5.89 Å². The summed E-state index contributed by atoms with van der Waals surface area (Å²) >= 11 is 0. The highest BCUT2D eigenvalue weighted by Gasteiger charge is 2.23. The number of nitrogens with two attached hydrogens (primary N) is 1. The average Bonchev–Trinajstić information content (AvgIpc) is 2.98. The third-order valence-electron chi connectivity index (χ3n) is 3.34. The number of hydrogen-bond acceptors (Lipinski definition) is 6. The minimum absolute atomic E-state index is 0.341. The SMILES string of the molecule is CCN(Cc1nc(C(C)(C)N)no1)CC1CCCO1. The summed E-state index contributed by atoms with van der Waals surface area (Å²) in [5.41, 5.74) is 5.38. The summed E-state index contributed by atoms with van der Waals surface area (Å²) in [6.07, 6.45) is 2.64. The Balaban J connectivity index is 1.92. The molecule has 1 unspecified atom stereocenters. The molecule has 0 spiro atoms. The van der Waals surface area contributed by atoms with E-state index in [1.807, 2.05) is 13.8 Å². The third-order valence-corrected chi connectivity index (χ3v) is 3.34. The van der Waals surface area contributed by atoms with Gasteiger partial charge in [-0.3, -0.25) is 4.90 Å². The van der Waals surface area contributed by atoms with Crippen LogP contribution in [0.15, 0.2) is 4.52 Å². The minimum atomic E-state index is -0.562. The maximum absolute atomic E-state index is 5.95. The fraction of sp³-hybridized carbons (Fsp3) is 0.846. The summed E-state index contributed by atoms with van der Waals surface area (Å²) in [6.45, 7) is 9.24. The lowest BCUT2D eigenvalue weighted by Crippen LogP contribution is -2.32. The van der Waals surface area contributed by atoms with Crippen LogP contribution in [0.4, 0.5) is 0 Å². The molecular formula is C13H24N4O2. The fourth-order valence-electron chi connectivity index (χ4n) is 2.15. The van der Waals surface area contributed by atoms with E-state index in [1.54, 1.807) is 0 Å². The molecule has 0 amide bonds. The maximum Gasteiger partial charge on any atom is 0.240 e. The van der Waals surface area contributed by atoms with Gasteiger partial charge in [-0.1, -0.05) is 12.1 Å². The second-order valence-electron chi connectivity index (χ2n) is 5.70. The summed E-state index contributed by atoms with van der Waals surface area (Å²) in [5, 5.41) is 3.94. The zero-order chi connectivity index (χ0) is 13.9. The van der Waals surface area contributed by atoms with Crippen molar-refractivity contribution >= 4 is 0 Å². The van der Waals surface area contributed by atoms with E-state index in [2.05, 4.69) is 22.0 Å². The molecule has 1 aromatic rings. The number of aromatic nitrogens is 2. The van der Waals surface area contributed by atoms with Crippen LogP contribution in [-0.4, -0.2) is 40.8 Å². The first-order valence-corrected chi connectivity index (χ1v) is 6.95. The lowest BCUT2D eigenvalue weighted by molar-refractivity contribution is 0.0689. The van der Waals surface area contributed by atoms with Gasteiger partial charge < -0.3 is 15.0 Å². The first-order chi connectivity index (χ1) is 8.99. The zero-order valence-electron chi connectivity index (χ0n) is 12.1. The van der Waals surface area contributed by atoms with Crippen LogP contribution in [-0.2, 0) is 16.8 Å². The minimum Gasteiger partial charge on any atom is -0.377 e. The molecule has 2 heterocycles. The van der Waals surface area contributed by atoms with Gasteiger partial charge in [0, 0.05) is 13.2 Å². The van der Waals surface area contributed by atoms with Crippen molar-refractivity contribution in [2.24, 2.45) is 5.73 Å². The number of nitrogens with zero attached hydrogens (tertiary/aromatic N) is 3. The van der Waals surface area contributed by atoms with Crippen LogP contribution < -0.4 is 5.73 Å². The van der Waals surface area contributed by atoms with Crippen LogP contribution in [0, 0.1) is 0 Å². The topological polar surface area (TPSA) is 77.4 Å². The van der Waals surface area contributed by atoms with E-state index in [1.165, 1.54) is 0 Å². The van der Waals surface area contributed by atoms with Crippen LogP contribution in [0.3, 0.4) is 0 Å². The van der Waals surface area contributed by atoms with Crippen LogP contribution >= 0.6 is 0 Å². The van der Waals surface area contributed by atoms with Gasteiger partial charge in [-0.2, -0.15) is 4.98 Å². The summed E-state index contributed by atoms with van der Waals surface area (Å²) in [7, 11) is 0. The molecule has 1 atom stereocenters. The second kappa shape index (κ2) is 5.98. The molecule has 6 nitrogen and oxygen atoms in total. The molecule has 0 aromatic carbocycles. The largest absolute Gasteiger partial charge is 0.377 e. The van der Waals surface area contributed by atoms with Crippen LogP contribution in [0.2, 0.25) is 0 Å². The molecule has 0 aliphatic carbocycles. The number of hydrogen-bond donors (Lipinski definition) is 1. The van der Waals surface area contributed by atoms with Gasteiger partial charge in [-0.05, 0) is 33.2 Å². The van der Waals surface area contributed by atoms with Crippen molar-refractivity contribution in [3.05, 3.63) is 11.7 Å². The Kier molecular flexibility index (Phi) is 4.54. The van der Waals surface area contributed by atoms with Crippen LogP contribution in [0.1, 0.15) is 45.3 Å². The molecule has 1 aromatic heterocycles. The molecule has 1 aliphatic rings. The molecular weight excluding hydrogens is 244 g/mol. The molecule has 1 saturated heterocycles. The van der Waals surface area contributed by atoms with Gasteiger partial charge in [0.05, 0.1) is 18.2 Å². The number of rotatable bonds is 6. The highest BCUT2D eigenvalue weighted by molar-refractivity contribution is 4.99. The highest BCUT2D eigenvalue weighted by Crippen LogP contribution is 2.16. The first kappa shape index (κ1) is 14.4. The fourth-order valence-corrected chi connectivity index (χ4v) is 2.15. The van der Waals surface area contributed by atoms with Gasteiger partial charge in [0.25, 0.3) is 0 Å². The predicted molar refractivity (Wildman–Crippen MR) is 71.4 cm³/mol. The molecule has 19 heavy (non-hydrogen) atoms. The quantitative estimate of drug-likeness (QED) is 0.837. The molecule has 2 rings (SSSR count). The van der Waals surface area contributed by atoms with Gasteiger partial charge in [-0.25, -0.2) is 0 Å². The van der Waals surface area contributed by atoms with Crippen molar-refractivity contribution in [3.8, 4) is 0 Å². The summed E-state index contributed by atoms with van der Waals surface area (Å²) in [5.74, 6) is 1.17. The molecule has 0 saturated carbocycles. The molecule has 2 N–H and O–H groups in total. The van der Waals surface area contributed by atoms with Crippen molar-refractivity contribution in [1.29, 1.82) is 0 Å². The summed E-state index contributed by atoms with van der Waals surface area (Å²) in [6, 6.07) is 0. The van der Waals surface area contributed by atoms with Crippen molar-refractivity contribution in [2.45, 2.75) is 51.8 Å². The van der Waals surface area contributed by atoms with Gasteiger partial charge in [0.15, 0.2) is 5.82 Å². The number of likely N-dealkylation sites (N-methyl/N-ethyl adjacent to an activating group) is 1. The predicted octanol–water partition coefficient (Wildman–Crippen LogP) is 1.26. The van der Waals surface area contributed by atoms with Gasteiger partial charge in [0.1, 0.15) is 0 Å². The van der Waals surface area contributed by atoms with Gasteiger partial charge >= 0.3 is 0 Å². The monoisotopic (exact) mass is 268 g/mol. The molecule has 0 radical (unpaired) electrons. The lowest BCUT2D eigenvalue weighted by atomic mass is 10.1. The van der Waals surface area contributed by atoms with Crippen molar-refractivity contribution < 1.29 is 9.26 Å². The maximum atomic E-state index is 5.95. The molecule has 0 bridgehead atoms. The van der Waals surface area contributed by atoms with Crippen molar-refractivity contribution in [2.75, 3.05) is 19.7 Å². The molecule has 1 aliphatic heterocycles. The number of ether oxygens (including phenoxy) is 1. The average molecular weight is 268 g/mol. The normalized spacial score (nSPS) is 20.4.